The summed E-state index contributed by atoms with van der Waals surface area (Å²) >= 11 is 0. The van der Waals surface area contributed by atoms with E-state index in [2.05, 4.69) is 31.3 Å². The fourth-order valence-corrected chi connectivity index (χ4v) is 14.5. The number of ether oxygens (including phenoxy) is 1. The number of rotatable bonds is 85. The average Bonchev–Trinajstić information content (AvgIpc) is 2.31. The van der Waals surface area contributed by atoms with E-state index in [4.69, 9.17) is 4.74 Å². The Labute approximate surface area is 602 Å². The van der Waals surface area contributed by atoms with Crippen LogP contribution in [0.1, 0.15) is 515 Å². The van der Waals surface area contributed by atoms with Gasteiger partial charge in [-0.1, -0.05) is 468 Å². The topological polar surface area (TPSA) is 95.9 Å². The minimum atomic E-state index is -0.843. The number of aliphatic hydroxyl groups excluding tert-OH is 2. The quantitative estimate of drug-likeness (QED) is 0.0320. The lowest BCUT2D eigenvalue weighted by Crippen LogP contribution is -2.45. The molecule has 0 aromatic heterocycles. The van der Waals surface area contributed by atoms with Crippen LogP contribution in [0.25, 0.3) is 0 Å². The van der Waals surface area contributed by atoms with Crippen molar-refractivity contribution in [3.8, 4) is 0 Å². The molecule has 0 bridgehead atoms. The summed E-state index contributed by atoms with van der Waals surface area (Å²) in [4.78, 5) is 24.7. The van der Waals surface area contributed by atoms with E-state index in [1.807, 2.05) is 6.08 Å². The van der Waals surface area contributed by atoms with E-state index in [9.17, 15) is 19.8 Å². The number of nitrogens with one attached hydrogen (secondary N) is 1. The number of esters is 1. The maximum Gasteiger partial charge on any atom is 0.305 e. The van der Waals surface area contributed by atoms with Gasteiger partial charge in [-0.2, -0.15) is 0 Å². The van der Waals surface area contributed by atoms with Gasteiger partial charge in [0.1, 0.15) is 0 Å². The van der Waals surface area contributed by atoms with Crippen LogP contribution in [0.2, 0.25) is 0 Å². The Balaban J connectivity index is 3.33. The summed E-state index contributed by atoms with van der Waals surface area (Å²) in [5, 5.41) is 23.3. The second-order valence-electron chi connectivity index (χ2n) is 30.9. The summed E-state index contributed by atoms with van der Waals surface area (Å²) in [7, 11) is 0. The molecule has 0 rings (SSSR count). The van der Waals surface area contributed by atoms with E-state index in [-0.39, 0.29) is 18.5 Å². The van der Waals surface area contributed by atoms with Crippen LogP contribution in [0.4, 0.5) is 0 Å². The molecule has 2 atom stereocenters. The van der Waals surface area contributed by atoms with Crippen molar-refractivity contribution in [2.75, 3.05) is 13.2 Å². The van der Waals surface area contributed by atoms with Crippen molar-refractivity contribution in [1.82, 2.24) is 5.32 Å². The van der Waals surface area contributed by atoms with Crippen LogP contribution >= 0.6 is 0 Å². The third-order valence-corrected chi connectivity index (χ3v) is 21.2. The van der Waals surface area contributed by atoms with E-state index in [0.717, 1.165) is 38.5 Å². The first kappa shape index (κ1) is 94.3. The maximum atomic E-state index is 12.6. The number of carbonyl (C=O) groups is 2. The molecule has 0 aliphatic carbocycles. The molecule has 0 aliphatic heterocycles. The third-order valence-electron chi connectivity index (χ3n) is 21.2. The Morgan fingerprint density at radius 2 is 0.490 bits per heavy atom. The van der Waals surface area contributed by atoms with Crippen LogP contribution in [0.15, 0.2) is 24.3 Å². The number of allylic oxidation sites excluding steroid dienone is 3. The highest BCUT2D eigenvalue weighted by Crippen LogP contribution is 2.21. The predicted octanol–water partition coefficient (Wildman–Crippen LogP) is 29.9. The first-order valence-electron chi connectivity index (χ1n) is 44.6. The van der Waals surface area contributed by atoms with Crippen molar-refractivity contribution < 1.29 is 24.5 Å². The average molecular weight is 1350 g/mol. The molecule has 0 radical (unpaired) electrons. The lowest BCUT2D eigenvalue weighted by molar-refractivity contribution is -0.143. The first-order chi connectivity index (χ1) is 47.5. The van der Waals surface area contributed by atoms with Crippen LogP contribution in [-0.2, 0) is 14.3 Å². The summed E-state index contributed by atoms with van der Waals surface area (Å²) in [6.07, 6.45) is 112. The number of hydrogen-bond donors (Lipinski definition) is 3. The van der Waals surface area contributed by atoms with Gasteiger partial charge in [0.15, 0.2) is 0 Å². The Bertz CT molecular complexity index is 1510. The normalized spacial score (nSPS) is 12.5. The minimum Gasteiger partial charge on any atom is -0.466 e. The molecule has 570 valence electrons. The Hall–Kier alpha value is -1.66. The van der Waals surface area contributed by atoms with E-state index in [0.29, 0.717) is 19.4 Å². The smallest absolute Gasteiger partial charge is 0.305 e. The van der Waals surface area contributed by atoms with Gasteiger partial charge in [-0.25, -0.2) is 0 Å². The van der Waals surface area contributed by atoms with E-state index in [1.165, 1.54) is 449 Å². The molecule has 0 aliphatic rings. The fourth-order valence-electron chi connectivity index (χ4n) is 14.5. The number of amides is 1. The van der Waals surface area contributed by atoms with Crippen LogP contribution in [0, 0.1) is 0 Å². The van der Waals surface area contributed by atoms with Crippen molar-refractivity contribution in [3.63, 3.8) is 0 Å². The molecule has 0 aromatic rings. The molecule has 6 heteroatoms. The van der Waals surface area contributed by atoms with Gasteiger partial charge in [0.25, 0.3) is 0 Å². The zero-order valence-electron chi connectivity index (χ0n) is 65.7. The summed E-state index contributed by atoms with van der Waals surface area (Å²) in [6, 6.07) is -0.626. The number of carbonyl (C=O) groups excluding carboxylic acids is 2. The van der Waals surface area contributed by atoms with Crippen molar-refractivity contribution in [2.24, 2.45) is 0 Å². The highest BCUT2D eigenvalue weighted by atomic mass is 16.5. The second kappa shape index (κ2) is 85.8. The van der Waals surface area contributed by atoms with Gasteiger partial charge in [0.05, 0.1) is 25.4 Å². The molecule has 96 heavy (non-hydrogen) atoms. The highest BCUT2D eigenvalue weighted by Gasteiger charge is 2.18. The SMILES string of the molecule is CCCCCCCCCCCCCCCCCCCCCC/C=C/C(O)C(CO)NC(=O)CCCCCCCCCCCCCCCCCCC/C=C\CCCCCCCCCCCCCCCCCCCCOC(=O)CCCCCCCCCCCCCCCCCCCC. The lowest BCUT2D eigenvalue weighted by atomic mass is 10.0. The van der Waals surface area contributed by atoms with Gasteiger partial charge in [-0.3, -0.25) is 9.59 Å². The Morgan fingerprint density at radius 1 is 0.281 bits per heavy atom. The van der Waals surface area contributed by atoms with Gasteiger partial charge in [-0.15, -0.1) is 0 Å². The Kier molecular flexibility index (Phi) is 84.3. The molecule has 0 saturated heterocycles. The fraction of sp³-hybridized carbons (Fsp3) is 0.933. The molecule has 0 aromatic carbocycles. The zero-order valence-corrected chi connectivity index (χ0v) is 65.7. The minimum absolute atomic E-state index is 0.0280. The third kappa shape index (κ3) is 81.3. The molecule has 0 heterocycles. The molecular formula is C90H175NO5. The summed E-state index contributed by atoms with van der Waals surface area (Å²) < 4.78 is 5.52. The monoisotopic (exact) mass is 1350 g/mol. The first-order valence-corrected chi connectivity index (χ1v) is 44.6. The van der Waals surface area contributed by atoms with Gasteiger partial charge in [-0.05, 0) is 57.8 Å². The van der Waals surface area contributed by atoms with Crippen molar-refractivity contribution in [2.45, 2.75) is 527 Å². The molecule has 0 spiro atoms. The number of hydrogen-bond acceptors (Lipinski definition) is 5. The molecule has 6 nitrogen and oxygen atoms in total. The van der Waals surface area contributed by atoms with Gasteiger partial charge in [0, 0.05) is 12.8 Å². The van der Waals surface area contributed by atoms with Gasteiger partial charge in [0.2, 0.25) is 5.91 Å². The van der Waals surface area contributed by atoms with E-state index < -0.39 is 12.1 Å². The highest BCUT2D eigenvalue weighted by molar-refractivity contribution is 5.76. The summed E-state index contributed by atoms with van der Waals surface area (Å²) in [6.45, 7) is 4.98. The molecule has 0 fully saturated rings. The lowest BCUT2D eigenvalue weighted by Gasteiger charge is -2.20. The Morgan fingerprint density at radius 3 is 0.740 bits per heavy atom. The maximum absolute atomic E-state index is 12.6. The van der Waals surface area contributed by atoms with Crippen LogP contribution in [0.3, 0.4) is 0 Å². The van der Waals surface area contributed by atoms with E-state index >= 15 is 0 Å². The van der Waals surface area contributed by atoms with Gasteiger partial charge < -0.3 is 20.3 Å². The van der Waals surface area contributed by atoms with Gasteiger partial charge >= 0.3 is 5.97 Å². The molecule has 1 amide bonds. The number of aliphatic hydroxyl groups is 2. The van der Waals surface area contributed by atoms with Crippen molar-refractivity contribution >= 4 is 11.9 Å². The van der Waals surface area contributed by atoms with Crippen molar-refractivity contribution in [3.05, 3.63) is 24.3 Å². The van der Waals surface area contributed by atoms with E-state index in [1.54, 1.807) is 6.08 Å². The number of unbranched alkanes of at least 4 members (excludes halogenated alkanes) is 72. The molecule has 0 saturated carbocycles. The van der Waals surface area contributed by atoms with Crippen LogP contribution < -0.4 is 5.32 Å². The van der Waals surface area contributed by atoms with Crippen LogP contribution in [0.5, 0.6) is 0 Å². The zero-order chi connectivity index (χ0) is 69.1. The molecule has 2 unspecified atom stereocenters. The van der Waals surface area contributed by atoms with Crippen molar-refractivity contribution in [1.29, 1.82) is 0 Å². The van der Waals surface area contributed by atoms with Crippen LogP contribution in [-0.4, -0.2) is 47.4 Å². The standard InChI is InChI=1S/C90H175NO5/c1-3-5-7-9-11-13-15-17-19-21-23-24-44-47-50-54-58-62-66-70-74-78-82-88(93)87(86-92)91-89(94)83-79-75-71-67-63-59-55-51-48-45-42-40-38-36-34-32-30-28-26-25-27-29-31-33-35-37-39-41-43-46-49-53-57-61-65-69-73-77-81-85-96-90(95)84-80-76-72-68-64-60-56-52-22-20-18-16-14-12-10-8-6-4-2/h25-26,78,82,87-88,92-93H,3-24,27-77,79-81,83-86H2,1-2H3,(H,91,94)/b26-25-,82-78+. The predicted molar refractivity (Wildman–Crippen MR) is 426 cm³/mol. The summed E-state index contributed by atoms with van der Waals surface area (Å²) in [5.41, 5.74) is 0. The molecule has 3 N–H and O–H groups in total. The summed E-state index contributed by atoms with van der Waals surface area (Å²) in [5.74, 6) is -0.0300. The molecular weight excluding hydrogens is 1170 g/mol. The largest absolute Gasteiger partial charge is 0.466 e. The second-order valence-corrected chi connectivity index (χ2v) is 30.9.